The van der Waals surface area contributed by atoms with Crippen molar-refractivity contribution in [2.75, 3.05) is 0 Å². The maximum Gasteiger partial charge on any atom is 0.469 e. The summed E-state index contributed by atoms with van der Waals surface area (Å²) in [6.07, 6.45) is 0. The zero-order chi connectivity index (χ0) is 41.2. The number of hydrogen-bond acceptors (Lipinski definition) is 9. The van der Waals surface area contributed by atoms with Gasteiger partial charge in [0, 0.05) is 18.1 Å². The van der Waals surface area contributed by atoms with Gasteiger partial charge in [-0.05, 0) is 176 Å². The van der Waals surface area contributed by atoms with Gasteiger partial charge in [-0.2, -0.15) is 0 Å². The molecule has 0 saturated heterocycles. The second-order valence-electron chi connectivity index (χ2n) is 22.6. The average molecular weight is 928 g/mol. The van der Waals surface area contributed by atoms with E-state index < -0.39 is 101 Å². The first-order valence-corrected chi connectivity index (χ1v) is 55.3. The molecule has 0 aliphatic rings. The van der Waals surface area contributed by atoms with Gasteiger partial charge in [0.25, 0.3) is 0 Å². The van der Waals surface area contributed by atoms with Crippen LogP contribution < -0.4 is 0 Å². The van der Waals surface area contributed by atoms with Crippen molar-refractivity contribution < 1.29 is 37.0 Å². The lowest BCUT2D eigenvalue weighted by molar-refractivity contribution is 0.231. The van der Waals surface area contributed by atoms with E-state index in [0.29, 0.717) is 12.1 Å². The Bertz CT molecular complexity index is 976. The molecule has 0 amide bonds. The van der Waals surface area contributed by atoms with Crippen molar-refractivity contribution in [3.8, 4) is 0 Å². The van der Waals surface area contributed by atoms with Gasteiger partial charge in [-0.25, -0.2) is 0 Å². The highest BCUT2D eigenvalue weighted by Crippen LogP contribution is 2.39. The highest BCUT2D eigenvalue weighted by atomic mass is 28.5. The molecule has 308 valence electrons. The Morgan fingerprint density at radius 2 is 0.333 bits per heavy atom. The van der Waals surface area contributed by atoms with Crippen LogP contribution >= 0.6 is 0 Å². The quantitative estimate of drug-likeness (QED) is 0.0879. The molecule has 0 aliphatic heterocycles. The van der Waals surface area contributed by atoms with Gasteiger partial charge in [0.2, 0.25) is 0 Å². The van der Waals surface area contributed by atoms with E-state index in [1.54, 1.807) is 0 Å². The third kappa shape index (κ3) is 26.7. The molecule has 0 radical (unpaired) electrons. The van der Waals surface area contributed by atoms with Crippen LogP contribution in [0.4, 0.5) is 0 Å². The van der Waals surface area contributed by atoms with Crippen LogP contribution in [0.3, 0.4) is 0 Å². The van der Waals surface area contributed by atoms with Crippen LogP contribution in [0.2, 0.25) is 194 Å². The van der Waals surface area contributed by atoms with Crippen LogP contribution in [0.5, 0.6) is 0 Å². The molecule has 21 heteroatoms. The lowest BCUT2D eigenvalue weighted by Gasteiger charge is -2.47. The van der Waals surface area contributed by atoms with Crippen molar-refractivity contribution in [2.45, 2.75) is 194 Å². The Hall–Kier alpha value is 2.24. The summed E-state index contributed by atoms with van der Waals surface area (Å²) in [7, 11) is -28.7. The molecule has 0 fully saturated rings. The maximum absolute atomic E-state index is 7.63. The second kappa shape index (κ2) is 18.0. The SMILES string of the molecule is C[Si](C)(C)O[Si](CC[Si](C)(C)O[Si](CC[Si](O[Si](C)(C)C)(O[Si](C)(C)C)O[Si](C)(C)C)(O[Si](C)(C)C)O[Si](C)(C)C)(O[Si](C)(C)C)O[Si](C)(C)C. The summed E-state index contributed by atoms with van der Waals surface area (Å²) >= 11 is 0. The summed E-state index contributed by atoms with van der Waals surface area (Å²) in [6.45, 7) is 58.6. The third-order valence-electron chi connectivity index (χ3n) is 5.90. The molecule has 0 saturated carbocycles. The monoisotopic (exact) mass is 926 g/mol. The predicted molar refractivity (Wildman–Crippen MR) is 251 cm³/mol. The van der Waals surface area contributed by atoms with Gasteiger partial charge in [0.05, 0.1) is 0 Å². The summed E-state index contributed by atoms with van der Waals surface area (Å²) < 4.78 is 65.0. The Kier molecular flexibility index (Phi) is 18.8. The molecule has 0 bridgehead atoms. The summed E-state index contributed by atoms with van der Waals surface area (Å²) in [6, 6.07) is 2.83. The van der Waals surface area contributed by atoms with Crippen molar-refractivity contribution in [3.05, 3.63) is 0 Å². The van der Waals surface area contributed by atoms with Crippen molar-refractivity contribution in [1.29, 1.82) is 0 Å². The lowest BCUT2D eigenvalue weighted by atomic mass is 10.9. The molecular weight excluding hydrogens is 841 g/mol. The number of rotatable bonds is 24. The lowest BCUT2D eigenvalue weighted by Crippen LogP contribution is -2.65. The highest BCUT2D eigenvalue weighted by molar-refractivity contribution is 6.94. The zero-order valence-electron chi connectivity index (χ0n) is 38.5. The maximum atomic E-state index is 7.63. The molecule has 0 aromatic rings. The van der Waals surface area contributed by atoms with Gasteiger partial charge in [0.1, 0.15) is 0 Å². The van der Waals surface area contributed by atoms with Gasteiger partial charge in [-0.3, -0.25) is 0 Å². The Balaban J connectivity index is 7.37. The number of hydrogen-bond donors (Lipinski definition) is 0. The van der Waals surface area contributed by atoms with Gasteiger partial charge < -0.3 is 37.0 Å². The van der Waals surface area contributed by atoms with Crippen LogP contribution in [0.15, 0.2) is 0 Å². The van der Waals surface area contributed by atoms with Crippen LogP contribution in [-0.4, -0.2) is 101 Å². The molecular formula is C30H86O9Si12. The fourth-order valence-corrected chi connectivity index (χ4v) is 53.9. The molecule has 0 rings (SSSR count). The fourth-order valence-electron chi connectivity index (χ4n) is 5.61. The minimum absolute atomic E-state index is 0.619. The summed E-state index contributed by atoms with van der Waals surface area (Å²) in [4.78, 5) is 0. The third-order valence-corrected chi connectivity index (χ3v) is 43.9. The van der Waals surface area contributed by atoms with Crippen molar-refractivity contribution in [2.24, 2.45) is 0 Å². The van der Waals surface area contributed by atoms with Gasteiger partial charge in [-0.15, -0.1) is 0 Å². The van der Waals surface area contributed by atoms with Crippen molar-refractivity contribution >= 4 is 101 Å². The van der Waals surface area contributed by atoms with E-state index in [4.69, 9.17) is 37.0 Å². The largest absolute Gasteiger partial charge is 0.469 e. The minimum atomic E-state index is -3.33. The molecule has 0 spiro atoms. The molecule has 0 aromatic carbocycles. The fraction of sp³-hybridized carbons (Fsp3) is 1.00. The predicted octanol–water partition coefficient (Wildman–Crippen LogP) is 11.8. The average Bonchev–Trinajstić information content (AvgIpc) is 2.66. The second-order valence-corrected chi connectivity index (χ2v) is 73.4. The van der Waals surface area contributed by atoms with Gasteiger partial charge in [-0.1, -0.05) is 0 Å². The first-order chi connectivity index (χ1) is 21.8. The van der Waals surface area contributed by atoms with Crippen LogP contribution in [-0.2, 0) is 37.0 Å². The van der Waals surface area contributed by atoms with Gasteiger partial charge >= 0.3 is 26.4 Å². The Morgan fingerprint density at radius 3 is 0.490 bits per heavy atom. The van der Waals surface area contributed by atoms with Crippen molar-refractivity contribution in [3.63, 3.8) is 0 Å². The van der Waals surface area contributed by atoms with E-state index in [9.17, 15) is 0 Å². The van der Waals surface area contributed by atoms with Gasteiger partial charge in [0.15, 0.2) is 74.9 Å². The molecule has 0 N–H and O–H groups in total. The van der Waals surface area contributed by atoms with Crippen LogP contribution in [0.25, 0.3) is 0 Å². The van der Waals surface area contributed by atoms with E-state index in [2.05, 4.69) is 170 Å². The van der Waals surface area contributed by atoms with Crippen molar-refractivity contribution in [1.82, 2.24) is 0 Å². The standard InChI is InChI=1S/C30H86O9Si12/c1-40(2,3)31-49(32-41(4,5)6,33-42(7,8)9)28-27-48(25,26)39-51(37-46(19,20)21,38-47(22,23)24)30-29-50(34-43(10,11)12,35-44(13,14)15)36-45(16,17)18/h27-30H2,1-26H3. The molecule has 0 heterocycles. The molecule has 0 unspecified atom stereocenters. The molecule has 51 heavy (non-hydrogen) atoms. The van der Waals surface area contributed by atoms with E-state index in [-0.39, 0.29) is 0 Å². The molecule has 9 nitrogen and oxygen atoms in total. The summed E-state index contributed by atoms with van der Waals surface area (Å²) in [5.74, 6) is 0. The van der Waals surface area contributed by atoms with E-state index in [1.807, 2.05) is 0 Å². The topological polar surface area (TPSA) is 83.1 Å². The normalized spacial score (nSPS) is 15.9. The molecule has 0 aromatic heterocycles. The first kappa shape index (κ1) is 53.2. The Morgan fingerprint density at radius 1 is 0.196 bits per heavy atom. The molecule has 0 aliphatic carbocycles. The van der Waals surface area contributed by atoms with E-state index in [0.717, 1.165) is 12.1 Å². The zero-order valence-corrected chi connectivity index (χ0v) is 50.5. The highest BCUT2D eigenvalue weighted by Gasteiger charge is 2.58. The van der Waals surface area contributed by atoms with E-state index in [1.165, 1.54) is 0 Å². The minimum Gasteiger partial charge on any atom is -0.417 e. The van der Waals surface area contributed by atoms with E-state index >= 15 is 0 Å². The van der Waals surface area contributed by atoms with Crippen LogP contribution in [0, 0.1) is 0 Å². The van der Waals surface area contributed by atoms with Crippen LogP contribution in [0.1, 0.15) is 0 Å². The summed E-state index contributed by atoms with van der Waals surface area (Å²) in [5, 5.41) is 0. The molecule has 0 atom stereocenters. The Labute approximate surface area is 330 Å². The first-order valence-electron chi connectivity index (χ1n) is 19.1. The smallest absolute Gasteiger partial charge is 0.417 e. The summed E-state index contributed by atoms with van der Waals surface area (Å²) in [5.41, 5.74) is 0.